The van der Waals surface area contributed by atoms with Crippen LogP contribution in [0.1, 0.15) is 0 Å². The normalized spacial score (nSPS) is 10.2. The molecule has 0 amide bonds. The van der Waals surface area contributed by atoms with Gasteiger partial charge in [0.15, 0.2) is 0 Å². The summed E-state index contributed by atoms with van der Waals surface area (Å²) in [5.41, 5.74) is 1.10. The van der Waals surface area contributed by atoms with Gasteiger partial charge in [-0.15, -0.1) is 0 Å². The van der Waals surface area contributed by atoms with Gasteiger partial charge in [-0.1, -0.05) is 0 Å². The maximum atomic E-state index is 4.32. The van der Waals surface area contributed by atoms with E-state index in [1.54, 1.807) is 0 Å². The molecule has 2 aromatic rings. The molecule has 1 aromatic carbocycles. The van der Waals surface area contributed by atoms with Gasteiger partial charge in [0.05, 0.1) is 0 Å². The molecular formula is C11H9NSn. The van der Waals surface area contributed by atoms with Gasteiger partial charge in [-0.2, -0.15) is 0 Å². The molecule has 13 heavy (non-hydrogen) atoms. The molecule has 0 unspecified atom stereocenters. The molecule has 2 heteroatoms. The van der Waals surface area contributed by atoms with Crippen LogP contribution in [0.25, 0.3) is 10.9 Å². The van der Waals surface area contributed by atoms with Gasteiger partial charge in [-0.05, 0) is 0 Å². The standard InChI is InChI=1S/C9H6N.C2H3.Sn/c1-2-6-9-8(4-1)5-3-7-10-9;1-2;/h1-3,5-7H;1H,2H2;. The molecule has 0 bridgehead atoms. The van der Waals surface area contributed by atoms with Crippen LogP contribution in [-0.2, 0) is 0 Å². The Bertz CT molecular complexity index is 432. The summed E-state index contributed by atoms with van der Waals surface area (Å²) >= 11 is -0.569. The van der Waals surface area contributed by atoms with E-state index in [2.05, 4.69) is 39.9 Å². The summed E-state index contributed by atoms with van der Waals surface area (Å²) in [5, 5.41) is 1.30. The zero-order chi connectivity index (χ0) is 9.10. The fourth-order valence-corrected chi connectivity index (χ4v) is 3.56. The maximum absolute atomic E-state index is 4.32. The van der Waals surface area contributed by atoms with Crippen molar-refractivity contribution in [1.82, 2.24) is 4.98 Å². The van der Waals surface area contributed by atoms with E-state index in [0.717, 1.165) is 5.52 Å². The summed E-state index contributed by atoms with van der Waals surface area (Å²) < 4.78 is 3.55. The number of nitrogens with zero attached hydrogens (tertiary/aromatic N) is 1. The topological polar surface area (TPSA) is 12.9 Å². The van der Waals surface area contributed by atoms with Gasteiger partial charge in [0.2, 0.25) is 0 Å². The quantitative estimate of drug-likeness (QED) is 0.760. The molecule has 0 atom stereocenters. The SMILES string of the molecule is C=[CH][Sn][c]1cccc2ncccc12. The number of pyridine rings is 1. The van der Waals surface area contributed by atoms with Crippen molar-refractivity contribution in [2.45, 2.75) is 0 Å². The number of fused-ring (bicyclic) bond motifs is 1. The van der Waals surface area contributed by atoms with Crippen LogP contribution in [0.5, 0.6) is 0 Å². The first-order valence-electron chi connectivity index (χ1n) is 4.13. The van der Waals surface area contributed by atoms with Gasteiger partial charge in [-0.25, -0.2) is 0 Å². The van der Waals surface area contributed by atoms with Gasteiger partial charge in [0.25, 0.3) is 0 Å². The Balaban J connectivity index is 2.68. The Morgan fingerprint density at radius 3 is 3.00 bits per heavy atom. The van der Waals surface area contributed by atoms with E-state index < -0.39 is 21.1 Å². The van der Waals surface area contributed by atoms with Gasteiger partial charge in [0.1, 0.15) is 0 Å². The van der Waals surface area contributed by atoms with Gasteiger partial charge in [0, 0.05) is 0 Å². The average molecular weight is 274 g/mol. The zero-order valence-corrected chi connectivity index (χ0v) is 10.0. The second-order valence-corrected chi connectivity index (χ2v) is 6.25. The molecule has 0 aliphatic heterocycles. The predicted octanol–water partition coefficient (Wildman–Crippen LogP) is 1.71. The Morgan fingerprint density at radius 1 is 1.23 bits per heavy atom. The molecular weight excluding hydrogens is 265 g/mol. The van der Waals surface area contributed by atoms with Crippen LogP contribution < -0.4 is 3.58 Å². The van der Waals surface area contributed by atoms with Gasteiger partial charge in [-0.3, -0.25) is 0 Å². The first kappa shape index (κ1) is 8.75. The number of benzene rings is 1. The van der Waals surface area contributed by atoms with Gasteiger partial charge < -0.3 is 0 Å². The number of aromatic nitrogens is 1. The van der Waals surface area contributed by atoms with E-state index in [9.17, 15) is 0 Å². The minimum absolute atomic E-state index is 0.569. The Kier molecular flexibility index (Phi) is 2.64. The van der Waals surface area contributed by atoms with E-state index in [-0.39, 0.29) is 0 Å². The second-order valence-electron chi connectivity index (χ2n) is 2.72. The molecule has 0 spiro atoms. The number of hydrogen-bond donors (Lipinski definition) is 0. The molecule has 0 N–H and O–H groups in total. The molecule has 1 nitrogen and oxygen atoms in total. The summed E-state index contributed by atoms with van der Waals surface area (Å²) in [6, 6.07) is 10.5. The third kappa shape index (κ3) is 1.75. The van der Waals surface area contributed by atoms with Crippen molar-refractivity contribution in [2.24, 2.45) is 0 Å². The second kappa shape index (κ2) is 3.92. The summed E-state index contributed by atoms with van der Waals surface area (Å²) in [5.74, 6) is 0. The van der Waals surface area contributed by atoms with Crippen LogP contribution in [0, 0.1) is 0 Å². The zero-order valence-electron chi connectivity index (χ0n) is 7.20. The number of rotatable bonds is 2. The molecule has 0 aliphatic carbocycles. The molecule has 0 fully saturated rings. The Morgan fingerprint density at radius 2 is 2.15 bits per heavy atom. The Labute approximate surface area is 87.7 Å². The molecule has 1 aromatic heterocycles. The van der Waals surface area contributed by atoms with Crippen molar-refractivity contribution in [3.63, 3.8) is 0 Å². The third-order valence-corrected chi connectivity index (χ3v) is 4.62. The van der Waals surface area contributed by atoms with E-state index in [1.165, 1.54) is 8.97 Å². The first-order valence-corrected chi connectivity index (χ1v) is 7.20. The van der Waals surface area contributed by atoms with Crippen LogP contribution in [0.4, 0.5) is 0 Å². The molecule has 0 aliphatic rings. The van der Waals surface area contributed by atoms with Crippen molar-refractivity contribution in [3.8, 4) is 0 Å². The van der Waals surface area contributed by atoms with Crippen LogP contribution in [0.3, 0.4) is 0 Å². The van der Waals surface area contributed by atoms with E-state index in [4.69, 9.17) is 0 Å². The van der Waals surface area contributed by atoms with Crippen LogP contribution in [-0.4, -0.2) is 26.1 Å². The van der Waals surface area contributed by atoms with E-state index in [1.807, 2.05) is 12.3 Å². The van der Waals surface area contributed by atoms with Crippen molar-refractivity contribution < 1.29 is 0 Å². The molecule has 0 saturated heterocycles. The van der Waals surface area contributed by atoms with Crippen LogP contribution in [0.15, 0.2) is 47.2 Å². The third-order valence-electron chi connectivity index (χ3n) is 1.90. The summed E-state index contributed by atoms with van der Waals surface area (Å²) in [6.07, 6.45) is 1.84. The summed E-state index contributed by atoms with van der Waals surface area (Å²) in [4.78, 5) is 4.32. The summed E-state index contributed by atoms with van der Waals surface area (Å²) in [7, 11) is 0. The molecule has 62 valence electrons. The monoisotopic (exact) mass is 275 g/mol. The average Bonchev–Trinajstić information content (AvgIpc) is 2.19. The molecule has 0 saturated carbocycles. The van der Waals surface area contributed by atoms with Crippen molar-refractivity contribution in [1.29, 1.82) is 0 Å². The molecule has 2 radical (unpaired) electrons. The minimum atomic E-state index is -0.569. The van der Waals surface area contributed by atoms with Crippen molar-refractivity contribution in [2.75, 3.05) is 0 Å². The Hall–Kier alpha value is -0.831. The van der Waals surface area contributed by atoms with Crippen molar-refractivity contribution >= 4 is 35.6 Å². The molecule has 1 heterocycles. The summed E-state index contributed by atoms with van der Waals surface area (Å²) in [6.45, 7) is 3.82. The predicted molar refractivity (Wildman–Crippen MR) is 57.3 cm³/mol. The van der Waals surface area contributed by atoms with Crippen LogP contribution >= 0.6 is 0 Å². The fraction of sp³-hybridized carbons (Fsp3) is 0. The first-order chi connectivity index (χ1) is 6.42. The molecule has 2 rings (SSSR count). The number of hydrogen-bond acceptors (Lipinski definition) is 1. The van der Waals surface area contributed by atoms with E-state index >= 15 is 0 Å². The van der Waals surface area contributed by atoms with Gasteiger partial charge >= 0.3 is 87.8 Å². The van der Waals surface area contributed by atoms with E-state index in [0.29, 0.717) is 0 Å². The van der Waals surface area contributed by atoms with Crippen molar-refractivity contribution in [3.05, 3.63) is 47.2 Å². The van der Waals surface area contributed by atoms with Crippen LogP contribution in [0.2, 0.25) is 0 Å². The fourth-order valence-electron chi connectivity index (χ4n) is 1.34.